The smallest absolute Gasteiger partial charge is 0.128 e. The normalized spacial score (nSPS) is 10.2. The lowest BCUT2D eigenvalue weighted by molar-refractivity contribution is 0.965. The van der Waals surface area contributed by atoms with Crippen LogP contribution in [0.3, 0.4) is 0 Å². The molecule has 0 aliphatic carbocycles. The molecule has 0 amide bonds. The van der Waals surface area contributed by atoms with E-state index in [9.17, 15) is 0 Å². The van der Waals surface area contributed by atoms with E-state index in [1.807, 2.05) is 24.4 Å². The Kier molecular flexibility index (Phi) is 3.55. The van der Waals surface area contributed by atoms with Crippen LogP contribution in [0, 0.1) is 0 Å². The zero-order chi connectivity index (χ0) is 12.1. The molecule has 4 heteroatoms. The first kappa shape index (κ1) is 11.4. The lowest BCUT2D eigenvalue weighted by Crippen LogP contribution is -2.06. The molecule has 2 aromatic rings. The van der Waals surface area contributed by atoms with Crippen molar-refractivity contribution in [1.82, 2.24) is 9.97 Å². The number of aryl methyl sites for hydroxylation is 1. The van der Waals surface area contributed by atoms with Gasteiger partial charge in [-0.3, -0.25) is 4.98 Å². The molecule has 0 atom stereocenters. The molecule has 2 rings (SSSR count). The molecule has 0 unspecified atom stereocenters. The first-order valence-corrected chi connectivity index (χ1v) is 5.68. The van der Waals surface area contributed by atoms with E-state index in [1.54, 1.807) is 6.07 Å². The Labute approximate surface area is 101 Å². The average molecular weight is 228 g/mol. The van der Waals surface area contributed by atoms with Crippen molar-refractivity contribution in [3.63, 3.8) is 0 Å². The van der Waals surface area contributed by atoms with Gasteiger partial charge in [0.25, 0.3) is 0 Å². The monoisotopic (exact) mass is 228 g/mol. The minimum Gasteiger partial charge on any atom is -0.384 e. The van der Waals surface area contributed by atoms with E-state index in [1.165, 1.54) is 5.56 Å². The summed E-state index contributed by atoms with van der Waals surface area (Å²) < 4.78 is 0. The van der Waals surface area contributed by atoms with E-state index in [0.717, 1.165) is 17.9 Å². The second-order valence-corrected chi connectivity index (χ2v) is 3.76. The second-order valence-electron chi connectivity index (χ2n) is 3.76. The van der Waals surface area contributed by atoms with Crippen LogP contribution in [0.15, 0.2) is 36.5 Å². The average Bonchev–Trinajstić information content (AvgIpc) is 2.37. The first-order valence-electron chi connectivity index (χ1n) is 5.68. The summed E-state index contributed by atoms with van der Waals surface area (Å²) in [5.41, 5.74) is 7.93. The van der Waals surface area contributed by atoms with Gasteiger partial charge in [0.05, 0.1) is 12.2 Å². The summed E-state index contributed by atoms with van der Waals surface area (Å²) >= 11 is 0. The molecule has 0 saturated heterocycles. The highest BCUT2D eigenvalue weighted by atomic mass is 15.0. The Morgan fingerprint density at radius 1 is 1.24 bits per heavy atom. The zero-order valence-corrected chi connectivity index (χ0v) is 9.85. The molecular weight excluding hydrogens is 212 g/mol. The topological polar surface area (TPSA) is 63.8 Å². The molecular formula is C13H16N4. The molecule has 0 radical (unpaired) electrons. The molecule has 0 spiro atoms. The number of hydrogen-bond donors (Lipinski definition) is 2. The molecule has 2 aromatic heterocycles. The van der Waals surface area contributed by atoms with E-state index in [4.69, 9.17) is 5.73 Å². The lowest BCUT2D eigenvalue weighted by atomic mass is 10.1. The number of aromatic nitrogens is 2. The molecule has 88 valence electrons. The van der Waals surface area contributed by atoms with Gasteiger partial charge in [-0.15, -0.1) is 0 Å². The van der Waals surface area contributed by atoms with Crippen LogP contribution in [-0.2, 0) is 13.0 Å². The standard InChI is InChI=1S/C13H16N4/c1-2-10-5-4-8-15-11(10)9-16-13-7-3-6-12(14)17-13/h3-8H,2,9H2,1H3,(H3,14,16,17). The van der Waals surface area contributed by atoms with Crippen molar-refractivity contribution >= 4 is 11.6 Å². The van der Waals surface area contributed by atoms with Gasteiger partial charge in [-0.25, -0.2) is 4.98 Å². The van der Waals surface area contributed by atoms with Gasteiger partial charge in [-0.1, -0.05) is 19.1 Å². The Balaban J connectivity index is 2.07. The molecule has 4 nitrogen and oxygen atoms in total. The molecule has 17 heavy (non-hydrogen) atoms. The largest absolute Gasteiger partial charge is 0.384 e. The van der Waals surface area contributed by atoms with Gasteiger partial charge in [0, 0.05) is 6.20 Å². The molecule has 0 aliphatic rings. The Morgan fingerprint density at radius 2 is 2.12 bits per heavy atom. The van der Waals surface area contributed by atoms with Crippen molar-refractivity contribution in [2.24, 2.45) is 0 Å². The fraction of sp³-hybridized carbons (Fsp3) is 0.231. The van der Waals surface area contributed by atoms with Gasteiger partial charge in [0.2, 0.25) is 0 Å². The Bertz CT molecular complexity index is 496. The molecule has 0 bridgehead atoms. The number of hydrogen-bond acceptors (Lipinski definition) is 4. The fourth-order valence-corrected chi connectivity index (χ4v) is 1.68. The Morgan fingerprint density at radius 3 is 2.88 bits per heavy atom. The minimum atomic E-state index is 0.520. The molecule has 3 N–H and O–H groups in total. The molecule has 0 saturated carbocycles. The maximum Gasteiger partial charge on any atom is 0.128 e. The van der Waals surface area contributed by atoms with Gasteiger partial charge in [-0.2, -0.15) is 0 Å². The number of rotatable bonds is 4. The summed E-state index contributed by atoms with van der Waals surface area (Å²) in [6.07, 6.45) is 2.79. The predicted octanol–water partition coefficient (Wildman–Crippen LogP) is 2.23. The third kappa shape index (κ3) is 2.93. The first-order chi connectivity index (χ1) is 8.29. The molecule has 2 heterocycles. The van der Waals surface area contributed by atoms with Gasteiger partial charge in [-0.05, 0) is 30.2 Å². The van der Waals surface area contributed by atoms with Crippen molar-refractivity contribution in [1.29, 1.82) is 0 Å². The summed E-state index contributed by atoms with van der Waals surface area (Å²) in [5.74, 6) is 1.30. The van der Waals surface area contributed by atoms with Crippen LogP contribution in [-0.4, -0.2) is 9.97 Å². The molecule has 0 aliphatic heterocycles. The predicted molar refractivity (Wildman–Crippen MR) is 69.6 cm³/mol. The summed E-state index contributed by atoms with van der Waals surface area (Å²) in [4.78, 5) is 8.55. The quantitative estimate of drug-likeness (QED) is 0.842. The highest BCUT2D eigenvalue weighted by Gasteiger charge is 2.01. The number of anilines is 2. The van der Waals surface area contributed by atoms with E-state index in [2.05, 4.69) is 28.3 Å². The summed E-state index contributed by atoms with van der Waals surface area (Å²) in [6, 6.07) is 9.59. The van der Waals surface area contributed by atoms with Gasteiger partial charge in [0.15, 0.2) is 0 Å². The summed E-state index contributed by atoms with van der Waals surface area (Å²) in [5, 5.41) is 3.22. The van der Waals surface area contributed by atoms with Crippen LogP contribution >= 0.6 is 0 Å². The van der Waals surface area contributed by atoms with Crippen molar-refractivity contribution in [2.45, 2.75) is 19.9 Å². The summed E-state index contributed by atoms with van der Waals surface area (Å²) in [6.45, 7) is 2.79. The number of nitrogens with zero attached hydrogens (tertiary/aromatic N) is 2. The van der Waals surface area contributed by atoms with Crippen LogP contribution in [0.25, 0.3) is 0 Å². The van der Waals surface area contributed by atoms with Crippen LogP contribution in [0.2, 0.25) is 0 Å². The van der Waals surface area contributed by atoms with Crippen LogP contribution in [0.1, 0.15) is 18.2 Å². The van der Waals surface area contributed by atoms with E-state index in [0.29, 0.717) is 12.4 Å². The molecule has 0 fully saturated rings. The van der Waals surface area contributed by atoms with Crippen LogP contribution in [0.4, 0.5) is 11.6 Å². The number of nitrogens with one attached hydrogen (secondary N) is 1. The second kappa shape index (κ2) is 5.30. The van der Waals surface area contributed by atoms with Crippen LogP contribution < -0.4 is 11.1 Å². The van der Waals surface area contributed by atoms with Gasteiger partial charge >= 0.3 is 0 Å². The van der Waals surface area contributed by atoms with E-state index < -0.39 is 0 Å². The van der Waals surface area contributed by atoms with E-state index in [-0.39, 0.29) is 0 Å². The maximum absolute atomic E-state index is 5.62. The maximum atomic E-state index is 5.62. The third-order valence-corrected chi connectivity index (χ3v) is 2.57. The van der Waals surface area contributed by atoms with Crippen molar-refractivity contribution in [2.75, 3.05) is 11.1 Å². The molecule has 0 aromatic carbocycles. The number of nitrogens with two attached hydrogens (primary N) is 1. The van der Waals surface area contributed by atoms with E-state index >= 15 is 0 Å². The van der Waals surface area contributed by atoms with Crippen LogP contribution in [0.5, 0.6) is 0 Å². The minimum absolute atomic E-state index is 0.520. The van der Waals surface area contributed by atoms with Gasteiger partial charge in [0.1, 0.15) is 11.6 Å². The third-order valence-electron chi connectivity index (χ3n) is 2.57. The highest BCUT2D eigenvalue weighted by Crippen LogP contribution is 2.10. The fourth-order valence-electron chi connectivity index (χ4n) is 1.68. The zero-order valence-electron chi connectivity index (χ0n) is 9.85. The Hall–Kier alpha value is -2.10. The number of pyridine rings is 2. The lowest BCUT2D eigenvalue weighted by Gasteiger charge is -2.08. The van der Waals surface area contributed by atoms with Gasteiger partial charge < -0.3 is 11.1 Å². The number of nitrogen functional groups attached to an aromatic ring is 1. The highest BCUT2D eigenvalue weighted by molar-refractivity contribution is 5.42. The van der Waals surface area contributed by atoms with Crippen molar-refractivity contribution in [3.05, 3.63) is 47.8 Å². The summed E-state index contributed by atoms with van der Waals surface area (Å²) in [7, 11) is 0. The SMILES string of the molecule is CCc1cccnc1CNc1cccc(N)n1. The van der Waals surface area contributed by atoms with Crippen molar-refractivity contribution in [3.8, 4) is 0 Å². The van der Waals surface area contributed by atoms with Crippen molar-refractivity contribution < 1.29 is 0 Å².